The molecule has 0 bridgehead atoms. The van der Waals surface area contributed by atoms with Crippen LogP contribution in [0.1, 0.15) is 18.5 Å². The Labute approximate surface area is 140 Å². The van der Waals surface area contributed by atoms with Gasteiger partial charge in [-0.15, -0.1) is 0 Å². The van der Waals surface area contributed by atoms with Crippen molar-refractivity contribution >= 4 is 22.6 Å². The number of anilines is 1. The number of aromatic nitrogens is 1. The van der Waals surface area contributed by atoms with Gasteiger partial charge in [-0.2, -0.15) is 5.26 Å². The lowest BCUT2D eigenvalue weighted by atomic mass is 10.0. The Morgan fingerprint density at radius 1 is 1.21 bits per heavy atom. The molecule has 1 N–H and O–H groups in total. The lowest BCUT2D eigenvalue weighted by Crippen LogP contribution is -2.46. The molecule has 0 atom stereocenters. The van der Waals surface area contributed by atoms with E-state index in [4.69, 9.17) is 0 Å². The summed E-state index contributed by atoms with van der Waals surface area (Å²) in [6, 6.07) is 12.4. The van der Waals surface area contributed by atoms with E-state index in [-0.39, 0.29) is 6.03 Å². The van der Waals surface area contributed by atoms with Crippen LogP contribution in [-0.4, -0.2) is 48.1 Å². The zero-order valence-corrected chi connectivity index (χ0v) is 13.4. The van der Waals surface area contributed by atoms with Crippen LogP contribution >= 0.6 is 0 Å². The SMILES string of the molecule is N#Cc1cc(N2CCC(N3CCNC3=O)CC2)c2ccccc2n1. The van der Waals surface area contributed by atoms with Gasteiger partial charge < -0.3 is 15.1 Å². The molecule has 6 nitrogen and oxygen atoms in total. The molecule has 0 aliphatic carbocycles. The van der Waals surface area contributed by atoms with E-state index >= 15 is 0 Å². The van der Waals surface area contributed by atoms with Crippen LogP contribution in [0.5, 0.6) is 0 Å². The Bertz CT molecular complexity index is 820. The molecule has 24 heavy (non-hydrogen) atoms. The fourth-order valence-corrected chi connectivity index (χ4v) is 3.73. The summed E-state index contributed by atoms with van der Waals surface area (Å²) in [5, 5.41) is 13.2. The zero-order valence-electron chi connectivity index (χ0n) is 13.4. The quantitative estimate of drug-likeness (QED) is 0.919. The van der Waals surface area contributed by atoms with Gasteiger partial charge in [-0.05, 0) is 25.0 Å². The number of nitrogens with zero attached hydrogens (tertiary/aromatic N) is 4. The first-order valence-electron chi connectivity index (χ1n) is 8.35. The van der Waals surface area contributed by atoms with Crippen LogP contribution in [0.25, 0.3) is 10.9 Å². The highest BCUT2D eigenvalue weighted by molar-refractivity contribution is 5.92. The smallest absolute Gasteiger partial charge is 0.317 e. The fraction of sp³-hybridized carbons (Fsp3) is 0.389. The van der Waals surface area contributed by atoms with Gasteiger partial charge in [0, 0.05) is 43.3 Å². The normalized spacial score (nSPS) is 18.7. The molecule has 0 unspecified atom stereocenters. The van der Waals surface area contributed by atoms with Crippen molar-refractivity contribution < 1.29 is 4.79 Å². The predicted octanol–water partition coefficient (Wildman–Crippen LogP) is 2.10. The fourth-order valence-electron chi connectivity index (χ4n) is 3.73. The molecule has 2 aromatic rings. The van der Waals surface area contributed by atoms with E-state index < -0.39 is 0 Å². The molecule has 2 amide bonds. The minimum absolute atomic E-state index is 0.0644. The first kappa shape index (κ1) is 14.8. The summed E-state index contributed by atoms with van der Waals surface area (Å²) in [5.74, 6) is 0. The topological polar surface area (TPSA) is 72.3 Å². The number of piperidine rings is 1. The van der Waals surface area contributed by atoms with Crippen molar-refractivity contribution in [3.05, 3.63) is 36.0 Å². The highest BCUT2D eigenvalue weighted by atomic mass is 16.2. The minimum atomic E-state index is 0.0644. The number of amides is 2. The molecule has 2 aliphatic heterocycles. The van der Waals surface area contributed by atoms with Crippen molar-refractivity contribution in [3.8, 4) is 6.07 Å². The van der Waals surface area contributed by atoms with Crippen molar-refractivity contribution in [2.75, 3.05) is 31.1 Å². The van der Waals surface area contributed by atoms with E-state index in [0.717, 1.165) is 55.6 Å². The van der Waals surface area contributed by atoms with Crippen LogP contribution in [0.15, 0.2) is 30.3 Å². The number of benzene rings is 1. The standard InChI is InChI=1S/C18H19N5O/c19-12-13-11-17(15-3-1-2-4-16(15)21-13)22-8-5-14(6-9-22)23-10-7-20-18(23)24/h1-4,11,14H,5-10H2,(H,20,24). The van der Waals surface area contributed by atoms with Crippen molar-refractivity contribution in [1.29, 1.82) is 5.26 Å². The summed E-state index contributed by atoms with van der Waals surface area (Å²) in [6.45, 7) is 3.32. The van der Waals surface area contributed by atoms with Crippen LogP contribution in [0.3, 0.4) is 0 Å². The highest BCUT2D eigenvalue weighted by Crippen LogP contribution is 2.30. The molecule has 1 aromatic heterocycles. The number of urea groups is 1. The van der Waals surface area contributed by atoms with Crippen LogP contribution in [0.2, 0.25) is 0 Å². The molecule has 4 rings (SSSR count). The number of para-hydroxylation sites is 1. The van der Waals surface area contributed by atoms with Gasteiger partial charge in [0.05, 0.1) is 5.52 Å². The van der Waals surface area contributed by atoms with Gasteiger partial charge in [0.15, 0.2) is 0 Å². The lowest BCUT2D eigenvalue weighted by molar-refractivity contribution is 0.186. The summed E-state index contributed by atoms with van der Waals surface area (Å²) in [4.78, 5) is 20.5. The monoisotopic (exact) mass is 321 g/mol. The van der Waals surface area contributed by atoms with Crippen molar-refractivity contribution in [2.24, 2.45) is 0 Å². The lowest BCUT2D eigenvalue weighted by Gasteiger charge is -2.37. The zero-order chi connectivity index (χ0) is 16.5. The van der Waals surface area contributed by atoms with Gasteiger partial charge in [0.1, 0.15) is 11.8 Å². The van der Waals surface area contributed by atoms with Crippen LogP contribution in [0, 0.1) is 11.3 Å². The van der Waals surface area contributed by atoms with Gasteiger partial charge in [-0.3, -0.25) is 0 Å². The number of pyridine rings is 1. The van der Waals surface area contributed by atoms with Crippen molar-refractivity contribution in [2.45, 2.75) is 18.9 Å². The molecule has 6 heteroatoms. The Hall–Kier alpha value is -2.81. The number of carbonyl (C=O) groups excluding carboxylic acids is 1. The second kappa shape index (κ2) is 6.00. The molecule has 1 aromatic carbocycles. The number of fused-ring (bicyclic) bond motifs is 1. The highest BCUT2D eigenvalue weighted by Gasteiger charge is 2.31. The maximum atomic E-state index is 11.8. The van der Waals surface area contributed by atoms with Crippen molar-refractivity contribution in [1.82, 2.24) is 15.2 Å². The van der Waals surface area contributed by atoms with E-state index in [9.17, 15) is 10.1 Å². The summed E-state index contributed by atoms with van der Waals surface area (Å²) in [5.41, 5.74) is 2.37. The predicted molar refractivity (Wildman–Crippen MR) is 91.8 cm³/mol. The Morgan fingerprint density at radius 2 is 2.00 bits per heavy atom. The molecule has 2 saturated heterocycles. The van der Waals surface area contributed by atoms with E-state index in [0.29, 0.717) is 11.7 Å². The third kappa shape index (κ3) is 2.52. The number of hydrogen-bond acceptors (Lipinski definition) is 4. The largest absolute Gasteiger partial charge is 0.371 e. The molecule has 0 saturated carbocycles. The van der Waals surface area contributed by atoms with E-state index in [2.05, 4.69) is 27.3 Å². The molecule has 0 radical (unpaired) electrons. The Morgan fingerprint density at radius 3 is 2.71 bits per heavy atom. The number of nitrogens with one attached hydrogen (secondary N) is 1. The Balaban J connectivity index is 1.58. The number of hydrogen-bond donors (Lipinski definition) is 1. The summed E-state index contributed by atoms with van der Waals surface area (Å²) in [7, 11) is 0. The van der Waals surface area contributed by atoms with Gasteiger partial charge >= 0.3 is 6.03 Å². The van der Waals surface area contributed by atoms with Gasteiger partial charge in [-0.1, -0.05) is 18.2 Å². The van der Waals surface area contributed by atoms with E-state index in [1.54, 1.807) is 0 Å². The second-order valence-electron chi connectivity index (χ2n) is 6.30. The summed E-state index contributed by atoms with van der Waals surface area (Å²) in [6.07, 6.45) is 1.90. The van der Waals surface area contributed by atoms with E-state index in [1.165, 1.54) is 0 Å². The molecule has 0 spiro atoms. The van der Waals surface area contributed by atoms with Gasteiger partial charge in [0.25, 0.3) is 0 Å². The van der Waals surface area contributed by atoms with Crippen LogP contribution in [-0.2, 0) is 0 Å². The number of rotatable bonds is 2. The average molecular weight is 321 g/mol. The maximum absolute atomic E-state index is 11.8. The first-order chi connectivity index (χ1) is 11.8. The number of carbonyl (C=O) groups is 1. The van der Waals surface area contributed by atoms with Crippen LogP contribution in [0.4, 0.5) is 10.5 Å². The number of nitriles is 1. The maximum Gasteiger partial charge on any atom is 0.317 e. The summed E-state index contributed by atoms with van der Waals surface area (Å²) < 4.78 is 0. The first-order valence-corrected chi connectivity index (χ1v) is 8.35. The molecule has 2 fully saturated rings. The minimum Gasteiger partial charge on any atom is -0.371 e. The van der Waals surface area contributed by atoms with Crippen molar-refractivity contribution in [3.63, 3.8) is 0 Å². The second-order valence-corrected chi connectivity index (χ2v) is 6.30. The van der Waals surface area contributed by atoms with Gasteiger partial charge in [0.2, 0.25) is 0 Å². The molecule has 3 heterocycles. The third-order valence-corrected chi connectivity index (χ3v) is 4.94. The Kier molecular flexibility index (Phi) is 3.69. The van der Waals surface area contributed by atoms with Crippen LogP contribution < -0.4 is 10.2 Å². The molecule has 2 aliphatic rings. The summed E-state index contributed by atoms with van der Waals surface area (Å²) >= 11 is 0. The molecular weight excluding hydrogens is 302 g/mol. The molecule has 122 valence electrons. The van der Waals surface area contributed by atoms with E-state index in [1.807, 2.05) is 29.2 Å². The average Bonchev–Trinajstić information content (AvgIpc) is 3.07. The van der Waals surface area contributed by atoms with Gasteiger partial charge in [-0.25, -0.2) is 9.78 Å². The third-order valence-electron chi connectivity index (χ3n) is 4.94. The molecular formula is C18H19N5O.